The van der Waals surface area contributed by atoms with Gasteiger partial charge in [0, 0.05) is 37.8 Å². The number of piperidine rings is 1. The van der Waals surface area contributed by atoms with Crippen LogP contribution in [0.3, 0.4) is 0 Å². The molecule has 1 aliphatic heterocycles. The number of aryl methyl sites for hydroxylation is 1. The van der Waals surface area contributed by atoms with Crippen LogP contribution in [0.4, 0.5) is 0 Å². The molecule has 1 amide bonds. The molecular formula is C22H25N3O3. The Bertz CT molecular complexity index is 960. The fourth-order valence-electron chi connectivity index (χ4n) is 3.82. The third-order valence-electron chi connectivity index (χ3n) is 5.49. The molecule has 3 heterocycles. The minimum Gasteiger partial charge on any atom is -0.496 e. The molecule has 3 aromatic rings. The van der Waals surface area contributed by atoms with Crippen molar-refractivity contribution in [3.05, 3.63) is 54.4 Å². The highest BCUT2D eigenvalue weighted by Crippen LogP contribution is 2.29. The molecule has 0 spiro atoms. The highest BCUT2D eigenvalue weighted by molar-refractivity contribution is 6.00. The first kappa shape index (κ1) is 18.3. The van der Waals surface area contributed by atoms with Crippen molar-refractivity contribution in [3.8, 4) is 11.6 Å². The Morgan fingerprint density at radius 1 is 1.18 bits per heavy atom. The van der Waals surface area contributed by atoms with Crippen molar-refractivity contribution in [2.75, 3.05) is 26.8 Å². The van der Waals surface area contributed by atoms with Crippen molar-refractivity contribution in [2.45, 2.75) is 12.8 Å². The van der Waals surface area contributed by atoms with E-state index in [9.17, 15) is 4.79 Å². The third-order valence-corrected chi connectivity index (χ3v) is 5.49. The molecule has 0 unspecified atom stereocenters. The maximum atomic E-state index is 13.1. The summed E-state index contributed by atoms with van der Waals surface area (Å²) in [4.78, 5) is 19.2. The van der Waals surface area contributed by atoms with Crippen molar-refractivity contribution < 1.29 is 14.3 Å². The second-order valence-corrected chi connectivity index (χ2v) is 7.20. The summed E-state index contributed by atoms with van der Waals surface area (Å²) in [5.74, 6) is 1.96. The Labute approximate surface area is 164 Å². The van der Waals surface area contributed by atoms with Crippen LogP contribution in [0.1, 0.15) is 23.3 Å². The van der Waals surface area contributed by atoms with Crippen molar-refractivity contribution in [1.82, 2.24) is 14.5 Å². The van der Waals surface area contributed by atoms with Gasteiger partial charge in [0.15, 0.2) is 0 Å². The molecule has 4 rings (SSSR count). The van der Waals surface area contributed by atoms with E-state index < -0.39 is 0 Å². The van der Waals surface area contributed by atoms with Crippen LogP contribution in [-0.2, 0) is 7.05 Å². The van der Waals surface area contributed by atoms with E-state index in [1.807, 2.05) is 59.0 Å². The number of amides is 1. The summed E-state index contributed by atoms with van der Waals surface area (Å²) in [5.41, 5.74) is 1.70. The van der Waals surface area contributed by atoms with Crippen LogP contribution in [0.5, 0.6) is 11.6 Å². The van der Waals surface area contributed by atoms with E-state index >= 15 is 0 Å². The molecule has 1 fully saturated rings. The molecular weight excluding hydrogens is 354 g/mol. The quantitative estimate of drug-likeness (QED) is 0.681. The number of fused-ring (bicyclic) bond motifs is 1. The monoisotopic (exact) mass is 379 g/mol. The smallest absolute Gasteiger partial charge is 0.270 e. The fraction of sp³-hybridized carbons (Fsp3) is 0.364. The number of methoxy groups -OCH3 is 1. The molecule has 2 aromatic heterocycles. The van der Waals surface area contributed by atoms with E-state index in [-0.39, 0.29) is 5.91 Å². The number of likely N-dealkylation sites (tertiary alicyclic amines) is 1. The Morgan fingerprint density at radius 3 is 2.71 bits per heavy atom. The average Bonchev–Trinajstić information content (AvgIpc) is 3.09. The number of carbonyl (C=O) groups excluding carboxylic acids is 1. The van der Waals surface area contributed by atoms with Crippen LogP contribution in [0.15, 0.2) is 48.7 Å². The Hall–Kier alpha value is -3.02. The van der Waals surface area contributed by atoms with Crippen LogP contribution in [0.2, 0.25) is 0 Å². The van der Waals surface area contributed by atoms with Crippen molar-refractivity contribution >= 4 is 16.8 Å². The topological polar surface area (TPSA) is 56.6 Å². The fourth-order valence-corrected chi connectivity index (χ4v) is 3.82. The molecule has 0 bridgehead atoms. The van der Waals surface area contributed by atoms with Gasteiger partial charge < -0.3 is 18.9 Å². The van der Waals surface area contributed by atoms with Crippen LogP contribution in [0, 0.1) is 5.92 Å². The van der Waals surface area contributed by atoms with Gasteiger partial charge in [-0.25, -0.2) is 4.98 Å². The van der Waals surface area contributed by atoms with E-state index in [0.717, 1.165) is 42.6 Å². The summed E-state index contributed by atoms with van der Waals surface area (Å²) in [6.45, 7) is 2.13. The number of benzene rings is 1. The van der Waals surface area contributed by atoms with E-state index in [1.54, 1.807) is 13.3 Å². The van der Waals surface area contributed by atoms with Crippen LogP contribution < -0.4 is 9.47 Å². The zero-order valence-corrected chi connectivity index (χ0v) is 16.3. The molecule has 0 N–H and O–H groups in total. The van der Waals surface area contributed by atoms with Gasteiger partial charge in [-0.1, -0.05) is 12.1 Å². The van der Waals surface area contributed by atoms with Gasteiger partial charge in [-0.2, -0.15) is 0 Å². The second kappa shape index (κ2) is 7.92. The molecule has 0 radical (unpaired) electrons. The molecule has 6 heteroatoms. The molecule has 146 valence electrons. The Morgan fingerprint density at radius 2 is 2.00 bits per heavy atom. The summed E-state index contributed by atoms with van der Waals surface area (Å²) in [6, 6.07) is 13.5. The predicted octanol–water partition coefficient (Wildman–Crippen LogP) is 3.51. The minimum absolute atomic E-state index is 0.0739. The van der Waals surface area contributed by atoms with Crippen LogP contribution in [0.25, 0.3) is 10.9 Å². The van der Waals surface area contributed by atoms with Crippen molar-refractivity contribution in [2.24, 2.45) is 13.0 Å². The van der Waals surface area contributed by atoms with Gasteiger partial charge in [0.25, 0.3) is 5.91 Å². The molecule has 1 aromatic carbocycles. The lowest BCUT2D eigenvalue weighted by atomic mass is 9.97. The molecule has 28 heavy (non-hydrogen) atoms. The van der Waals surface area contributed by atoms with Crippen molar-refractivity contribution in [3.63, 3.8) is 0 Å². The first-order chi connectivity index (χ1) is 13.7. The Balaban J connectivity index is 1.40. The summed E-state index contributed by atoms with van der Waals surface area (Å²) in [7, 11) is 3.59. The van der Waals surface area contributed by atoms with Gasteiger partial charge in [-0.3, -0.25) is 4.79 Å². The molecule has 1 aliphatic rings. The predicted molar refractivity (Wildman–Crippen MR) is 108 cm³/mol. The molecule has 0 atom stereocenters. The number of hydrogen-bond donors (Lipinski definition) is 0. The number of ether oxygens (including phenoxy) is 2. The van der Waals surface area contributed by atoms with E-state index in [0.29, 0.717) is 24.1 Å². The van der Waals surface area contributed by atoms with E-state index in [1.165, 1.54) is 0 Å². The summed E-state index contributed by atoms with van der Waals surface area (Å²) < 4.78 is 13.2. The number of aromatic nitrogens is 2. The van der Waals surface area contributed by atoms with E-state index in [4.69, 9.17) is 9.47 Å². The minimum atomic E-state index is 0.0739. The number of nitrogens with zero attached hydrogens (tertiary/aromatic N) is 3. The second-order valence-electron chi connectivity index (χ2n) is 7.20. The van der Waals surface area contributed by atoms with Crippen LogP contribution >= 0.6 is 0 Å². The zero-order chi connectivity index (χ0) is 19.5. The van der Waals surface area contributed by atoms with Gasteiger partial charge in [0.05, 0.1) is 19.2 Å². The van der Waals surface area contributed by atoms with E-state index in [2.05, 4.69) is 4.98 Å². The van der Waals surface area contributed by atoms with Crippen LogP contribution in [-0.4, -0.2) is 47.2 Å². The van der Waals surface area contributed by atoms with Gasteiger partial charge in [-0.15, -0.1) is 0 Å². The average molecular weight is 379 g/mol. The summed E-state index contributed by atoms with van der Waals surface area (Å²) in [6.07, 6.45) is 3.60. The largest absolute Gasteiger partial charge is 0.496 e. The highest BCUT2D eigenvalue weighted by Gasteiger charge is 2.26. The van der Waals surface area contributed by atoms with Crippen molar-refractivity contribution in [1.29, 1.82) is 0 Å². The Kier molecular flexibility index (Phi) is 5.19. The number of hydrogen-bond acceptors (Lipinski definition) is 4. The standard InChI is InChI=1S/C22H25N3O3/c1-24-18-6-5-7-20(27-2)17(18)14-19(24)22(26)25-12-9-16(10-13-25)15-28-21-8-3-4-11-23-21/h3-8,11,14,16H,9-10,12-13,15H2,1-2H3. The lowest BCUT2D eigenvalue weighted by Crippen LogP contribution is -2.40. The van der Waals surface area contributed by atoms with Gasteiger partial charge in [0.1, 0.15) is 11.4 Å². The third kappa shape index (κ3) is 3.54. The van der Waals surface area contributed by atoms with Gasteiger partial charge in [0.2, 0.25) is 5.88 Å². The maximum absolute atomic E-state index is 13.1. The number of rotatable bonds is 5. The normalized spacial score (nSPS) is 15.0. The first-order valence-electron chi connectivity index (χ1n) is 9.63. The summed E-state index contributed by atoms with van der Waals surface area (Å²) >= 11 is 0. The SMILES string of the molecule is COc1cccc2c1cc(C(=O)N1CCC(COc3ccccn3)CC1)n2C. The zero-order valence-electron chi connectivity index (χ0n) is 16.3. The highest BCUT2D eigenvalue weighted by atomic mass is 16.5. The van der Waals surface area contributed by atoms with Gasteiger partial charge in [-0.05, 0) is 43.0 Å². The number of pyridine rings is 1. The molecule has 0 saturated carbocycles. The summed E-state index contributed by atoms with van der Waals surface area (Å²) in [5, 5.41) is 0.967. The number of carbonyl (C=O) groups is 1. The first-order valence-corrected chi connectivity index (χ1v) is 9.63. The van der Waals surface area contributed by atoms with Gasteiger partial charge >= 0.3 is 0 Å². The maximum Gasteiger partial charge on any atom is 0.270 e. The molecule has 1 saturated heterocycles. The molecule has 0 aliphatic carbocycles. The lowest BCUT2D eigenvalue weighted by Gasteiger charge is -2.31. The molecule has 6 nitrogen and oxygen atoms in total. The lowest BCUT2D eigenvalue weighted by molar-refractivity contribution is 0.0650.